The van der Waals surface area contributed by atoms with Crippen LogP contribution in [0.25, 0.3) is 0 Å². The maximum atomic E-state index is 5.72. The van der Waals surface area contributed by atoms with Gasteiger partial charge >= 0.3 is 0 Å². The van der Waals surface area contributed by atoms with Gasteiger partial charge in [0.25, 0.3) is 0 Å². The van der Waals surface area contributed by atoms with Gasteiger partial charge in [-0.25, -0.2) is 0 Å². The lowest BCUT2D eigenvalue weighted by molar-refractivity contribution is 0.234. The topological polar surface area (TPSA) is 12.5 Å². The van der Waals surface area contributed by atoms with Gasteiger partial charge < -0.3 is 4.74 Å². The van der Waals surface area contributed by atoms with E-state index in [9.17, 15) is 0 Å². The minimum absolute atomic E-state index is 0.801. The molecule has 2 rings (SSSR count). The zero-order chi connectivity index (χ0) is 11.4. The first-order chi connectivity index (χ1) is 7.74. The highest BCUT2D eigenvalue weighted by Gasteiger charge is 2.17. The zero-order valence-corrected chi connectivity index (χ0v) is 10.3. The molecule has 1 fully saturated rings. The van der Waals surface area contributed by atoms with Gasteiger partial charge in [-0.1, -0.05) is 24.6 Å². The molecule has 0 saturated carbocycles. The molecule has 16 heavy (non-hydrogen) atoms. The summed E-state index contributed by atoms with van der Waals surface area (Å²) in [5.74, 6) is 1.84. The Morgan fingerprint density at radius 1 is 1.31 bits per heavy atom. The standard InChI is InChI=1S/C14H21NO/c1-12-3-5-14(6-4-12)16-10-9-15-8-7-13(2)11-15/h3-6,13H,7-11H2,1-2H3/t13-/m0/s1. The Hall–Kier alpha value is -1.02. The molecule has 2 nitrogen and oxygen atoms in total. The summed E-state index contributed by atoms with van der Waals surface area (Å²) in [6.45, 7) is 8.74. The Morgan fingerprint density at radius 3 is 2.69 bits per heavy atom. The molecule has 0 amide bonds. The van der Waals surface area contributed by atoms with Crippen molar-refractivity contribution in [1.29, 1.82) is 0 Å². The van der Waals surface area contributed by atoms with Gasteiger partial charge in [-0.15, -0.1) is 0 Å². The van der Waals surface area contributed by atoms with Crippen molar-refractivity contribution in [3.63, 3.8) is 0 Å². The van der Waals surface area contributed by atoms with E-state index in [-0.39, 0.29) is 0 Å². The molecule has 0 bridgehead atoms. The van der Waals surface area contributed by atoms with Crippen LogP contribution in [0.4, 0.5) is 0 Å². The molecule has 1 heterocycles. The fraction of sp³-hybridized carbons (Fsp3) is 0.571. The number of likely N-dealkylation sites (tertiary alicyclic amines) is 1. The summed E-state index contributed by atoms with van der Waals surface area (Å²) >= 11 is 0. The Bertz CT molecular complexity index is 320. The first-order valence-electron chi connectivity index (χ1n) is 6.16. The molecule has 1 aromatic rings. The monoisotopic (exact) mass is 219 g/mol. The SMILES string of the molecule is Cc1ccc(OCCN2CC[C@H](C)C2)cc1. The van der Waals surface area contributed by atoms with Crippen molar-refractivity contribution in [3.05, 3.63) is 29.8 Å². The Morgan fingerprint density at radius 2 is 2.06 bits per heavy atom. The van der Waals surface area contributed by atoms with Crippen LogP contribution in [0.3, 0.4) is 0 Å². The lowest BCUT2D eigenvalue weighted by Crippen LogP contribution is -2.25. The highest BCUT2D eigenvalue weighted by Crippen LogP contribution is 2.15. The van der Waals surface area contributed by atoms with Gasteiger partial charge in [-0.05, 0) is 37.9 Å². The van der Waals surface area contributed by atoms with Gasteiger partial charge in [0.15, 0.2) is 0 Å². The third-order valence-corrected chi connectivity index (χ3v) is 3.21. The van der Waals surface area contributed by atoms with Crippen molar-refractivity contribution < 1.29 is 4.74 Å². The molecule has 0 N–H and O–H groups in total. The van der Waals surface area contributed by atoms with Gasteiger partial charge in [-0.3, -0.25) is 4.90 Å². The number of aryl methyl sites for hydroxylation is 1. The van der Waals surface area contributed by atoms with Crippen LogP contribution in [0.15, 0.2) is 24.3 Å². The minimum atomic E-state index is 0.801. The van der Waals surface area contributed by atoms with E-state index in [1.807, 2.05) is 12.1 Å². The Balaban J connectivity index is 1.70. The van der Waals surface area contributed by atoms with Gasteiger partial charge in [0, 0.05) is 13.1 Å². The largest absolute Gasteiger partial charge is 0.492 e. The van der Waals surface area contributed by atoms with E-state index < -0.39 is 0 Å². The first kappa shape index (κ1) is 11.5. The lowest BCUT2D eigenvalue weighted by Gasteiger charge is -2.15. The second-order valence-electron chi connectivity index (χ2n) is 4.86. The molecule has 88 valence electrons. The second kappa shape index (κ2) is 5.35. The summed E-state index contributed by atoms with van der Waals surface area (Å²) in [6.07, 6.45) is 1.34. The smallest absolute Gasteiger partial charge is 0.119 e. The average molecular weight is 219 g/mol. The molecule has 0 aromatic heterocycles. The maximum absolute atomic E-state index is 5.72. The molecule has 0 aliphatic carbocycles. The molecule has 1 aromatic carbocycles. The molecule has 1 aliphatic heterocycles. The molecule has 1 atom stereocenters. The second-order valence-corrected chi connectivity index (χ2v) is 4.86. The summed E-state index contributed by atoms with van der Waals surface area (Å²) in [6, 6.07) is 8.27. The number of rotatable bonds is 4. The zero-order valence-electron chi connectivity index (χ0n) is 10.3. The van der Waals surface area contributed by atoms with Crippen molar-refractivity contribution in [2.24, 2.45) is 5.92 Å². The van der Waals surface area contributed by atoms with Crippen LogP contribution >= 0.6 is 0 Å². The van der Waals surface area contributed by atoms with Crippen LogP contribution in [-0.2, 0) is 0 Å². The lowest BCUT2D eigenvalue weighted by atomic mass is 10.2. The molecule has 0 spiro atoms. The van der Waals surface area contributed by atoms with E-state index in [1.54, 1.807) is 0 Å². The van der Waals surface area contributed by atoms with Crippen molar-refractivity contribution in [1.82, 2.24) is 4.90 Å². The average Bonchev–Trinajstić information content (AvgIpc) is 2.67. The molecule has 1 aliphatic rings. The number of hydrogen-bond donors (Lipinski definition) is 0. The molecule has 0 radical (unpaired) electrons. The van der Waals surface area contributed by atoms with Crippen molar-refractivity contribution in [3.8, 4) is 5.75 Å². The number of nitrogens with zero attached hydrogens (tertiary/aromatic N) is 1. The fourth-order valence-electron chi connectivity index (χ4n) is 2.16. The van der Waals surface area contributed by atoms with E-state index in [0.29, 0.717) is 0 Å². The van der Waals surface area contributed by atoms with Crippen LogP contribution in [0.5, 0.6) is 5.75 Å². The highest BCUT2D eigenvalue weighted by atomic mass is 16.5. The van der Waals surface area contributed by atoms with Crippen LogP contribution in [-0.4, -0.2) is 31.1 Å². The van der Waals surface area contributed by atoms with Crippen molar-refractivity contribution in [2.45, 2.75) is 20.3 Å². The molecule has 1 saturated heterocycles. The van der Waals surface area contributed by atoms with E-state index in [1.165, 1.54) is 25.1 Å². The Labute approximate surface area is 98.2 Å². The van der Waals surface area contributed by atoms with Crippen molar-refractivity contribution >= 4 is 0 Å². The van der Waals surface area contributed by atoms with E-state index in [4.69, 9.17) is 4.74 Å². The Kier molecular flexibility index (Phi) is 3.83. The summed E-state index contributed by atoms with van der Waals surface area (Å²) in [7, 11) is 0. The van der Waals surface area contributed by atoms with E-state index in [2.05, 4.69) is 30.9 Å². The van der Waals surface area contributed by atoms with Crippen LogP contribution in [0, 0.1) is 12.8 Å². The van der Waals surface area contributed by atoms with Crippen LogP contribution in [0.1, 0.15) is 18.9 Å². The van der Waals surface area contributed by atoms with Gasteiger partial charge in [0.05, 0.1) is 0 Å². The van der Waals surface area contributed by atoms with Gasteiger partial charge in [0.2, 0.25) is 0 Å². The maximum Gasteiger partial charge on any atom is 0.119 e. The molecule has 2 heteroatoms. The summed E-state index contributed by atoms with van der Waals surface area (Å²) in [5.41, 5.74) is 1.28. The third-order valence-electron chi connectivity index (χ3n) is 3.21. The van der Waals surface area contributed by atoms with E-state index >= 15 is 0 Å². The summed E-state index contributed by atoms with van der Waals surface area (Å²) < 4.78 is 5.72. The van der Waals surface area contributed by atoms with Crippen LogP contribution in [0.2, 0.25) is 0 Å². The van der Waals surface area contributed by atoms with Gasteiger partial charge in [0.1, 0.15) is 12.4 Å². The molecular formula is C14H21NO. The quantitative estimate of drug-likeness (QED) is 0.772. The summed E-state index contributed by atoms with van der Waals surface area (Å²) in [5, 5.41) is 0. The predicted molar refractivity (Wildman–Crippen MR) is 66.9 cm³/mol. The van der Waals surface area contributed by atoms with Crippen LogP contribution < -0.4 is 4.74 Å². The highest BCUT2D eigenvalue weighted by molar-refractivity contribution is 5.26. The molecular weight excluding hydrogens is 198 g/mol. The fourth-order valence-corrected chi connectivity index (χ4v) is 2.16. The summed E-state index contributed by atoms with van der Waals surface area (Å²) in [4.78, 5) is 2.48. The van der Waals surface area contributed by atoms with Crippen molar-refractivity contribution in [2.75, 3.05) is 26.2 Å². The first-order valence-corrected chi connectivity index (χ1v) is 6.16. The number of ether oxygens (including phenoxy) is 1. The van der Waals surface area contributed by atoms with E-state index in [0.717, 1.165) is 24.8 Å². The number of benzene rings is 1. The molecule has 0 unspecified atom stereocenters. The van der Waals surface area contributed by atoms with Gasteiger partial charge in [-0.2, -0.15) is 0 Å². The minimum Gasteiger partial charge on any atom is -0.492 e. The predicted octanol–water partition coefficient (Wildman–Crippen LogP) is 2.72. The normalized spacial score (nSPS) is 21.2. The number of hydrogen-bond acceptors (Lipinski definition) is 2. The third kappa shape index (κ3) is 3.24.